The molecule has 0 N–H and O–H groups in total. The van der Waals surface area contributed by atoms with Gasteiger partial charge in [0.1, 0.15) is 0 Å². The normalized spacial score (nSPS) is 10.3. The molecule has 74 valence electrons. The summed E-state index contributed by atoms with van der Waals surface area (Å²) in [5.74, 6) is 0. The minimum atomic E-state index is -2.70. The van der Waals surface area contributed by atoms with E-state index in [9.17, 15) is 8.78 Å². The summed E-state index contributed by atoms with van der Waals surface area (Å²) in [5.41, 5.74) is 0.260. The molecule has 0 atom stereocenters. The zero-order chi connectivity index (χ0) is 10.7. The lowest BCUT2D eigenvalue weighted by Crippen LogP contribution is -2.00. The molecule has 14 heavy (non-hydrogen) atoms. The molecule has 0 unspecified atom stereocenters. The number of nitriles is 1. The lowest BCUT2D eigenvalue weighted by atomic mass is 10.1. The molecule has 5 heteroatoms. The van der Waals surface area contributed by atoms with E-state index in [-0.39, 0.29) is 22.7 Å². The van der Waals surface area contributed by atoms with E-state index in [1.807, 2.05) is 0 Å². The number of aryl methyl sites for hydroxylation is 1. The molecule has 1 heterocycles. The van der Waals surface area contributed by atoms with E-state index in [0.717, 1.165) is 0 Å². The standard InChI is InChI=1S/C9H7ClF2N2/c1-5-4-6(10)8(9(11)12)7(14-5)2-3-13/h4,9H,2H2,1H3. The van der Waals surface area contributed by atoms with Crippen LogP contribution in [0.15, 0.2) is 6.07 Å². The minimum absolute atomic E-state index is 0.0299. The number of nitrogens with zero attached hydrogens (tertiary/aromatic N) is 2. The first-order chi connectivity index (χ1) is 6.56. The molecule has 0 amide bonds. The SMILES string of the molecule is Cc1cc(Cl)c(C(F)F)c(CC#N)n1. The molecule has 0 radical (unpaired) electrons. The van der Waals surface area contributed by atoms with Crippen LogP contribution in [0, 0.1) is 18.3 Å². The summed E-state index contributed by atoms with van der Waals surface area (Å²) in [6.45, 7) is 1.64. The van der Waals surface area contributed by atoms with E-state index in [1.165, 1.54) is 6.07 Å². The Labute approximate surface area is 85.1 Å². The highest BCUT2D eigenvalue weighted by atomic mass is 35.5. The molecule has 2 nitrogen and oxygen atoms in total. The molecule has 0 aliphatic rings. The van der Waals surface area contributed by atoms with Crippen LogP contribution in [0.2, 0.25) is 5.02 Å². The third-order valence-corrected chi connectivity index (χ3v) is 1.99. The molecule has 0 spiro atoms. The van der Waals surface area contributed by atoms with Gasteiger partial charge in [-0.15, -0.1) is 0 Å². The van der Waals surface area contributed by atoms with Crippen molar-refractivity contribution < 1.29 is 8.78 Å². The summed E-state index contributed by atoms with van der Waals surface area (Å²) in [5, 5.41) is 8.40. The Morgan fingerprint density at radius 2 is 2.29 bits per heavy atom. The first-order valence-corrected chi connectivity index (χ1v) is 4.25. The zero-order valence-electron chi connectivity index (χ0n) is 7.39. The van der Waals surface area contributed by atoms with E-state index in [4.69, 9.17) is 16.9 Å². The Morgan fingerprint density at radius 3 is 2.79 bits per heavy atom. The van der Waals surface area contributed by atoms with E-state index in [2.05, 4.69) is 4.98 Å². The van der Waals surface area contributed by atoms with Crippen molar-refractivity contribution in [3.05, 3.63) is 28.0 Å². The average Bonchev–Trinajstić information content (AvgIpc) is 2.01. The maximum Gasteiger partial charge on any atom is 0.267 e. The van der Waals surface area contributed by atoms with Crippen LogP contribution in [0.4, 0.5) is 8.78 Å². The summed E-state index contributed by atoms with van der Waals surface area (Å²) in [6.07, 6.45) is -2.85. The van der Waals surface area contributed by atoms with Crippen molar-refractivity contribution >= 4 is 11.6 Å². The number of hydrogen-bond acceptors (Lipinski definition) is 2. The predicted octanol–water partition coefficient (Wildman–Crippen LogP) is 3.05. The maximum absolute atomic E-state index is 12.5. The molecule has 0 saturated carbocycles. The second-order valence-electron chi connectivity index (χ2n) is 2.74. The first kappa shape index (κ1) is 10.9. The van der Waals surface area contributed by atoms with E-state index >= 15 is 0 Å². The van der Waals surface area contributed by atoms with Gasteiger partial charge in [0.25, 0.3) is 6.43 Å². The van der Waals surface area contributed by atoms with Crippen molar-refractivity contribution in [3.8, 4) is 6.07 Å². The van der Waals surface area contributed by atoms with Gasteiger partial charge in [-0.2, -0.15) is 5.26 Å². The molecular weight excluding hydrogens is 210 g/mol. The molecule has 0 bridgehead atoms. The second kappa shape index (κ2) is 4.34. The lowest BCUT2D eigenvalue weighted by Gasteiger charge is -2.08. The van der Waals surface area contributed by atoms with Crippen LogP contribution in [0.25, 0.3) is 0 Å². The summed E-state index contributed by atoms with van der Waals surface area (Å²) in [4.78, 5) is 3.86. The Morgan fingerprint density at radius 1 is 1.64 bits per heavy atom. The van der Waals surface area contributed by atoms with Crippen molar-refractivity contribution in [2.45, 2.75) is 19.8 Å². The molecule has 0 aliphatic carbocycles. The van der Waals surface area contributed by atoms with Crippen molar-refractivity contribution in [1.82, 2.24) is 4.98 Å². The lowest BCUT2D eigenvalue weighted by molar-refractivity contribution is 0.150. The molecule has 1 rings (SSSR count). The number of rotatable bonds is 2. The van der Waals surface area contributed by atoms with Crippen molar-refractivity contribution in [3.63, 3.8) is 0 Å². The summed E-state index contributed by atoms with van der Waals surface area (Å²) < 4.78 is 25.0. The minimum Gasteiger partial charge on any atom is -0.256 e. The average molecular weight is 217 g/mol. The van der Waals surface area contributed by atoms with E-state index in [0.29, 0.717) is 5.69 Å². The third-order valence-electron chi connectivity index (χ3n) is 1.68. The van der Waals surface area contributed by atoms with Gasteiger partial charge in [0.2, 0.25) is 0 Å². The van der Waals surface area contributed by atoms with Gasteiger partial charge in [-0.05, 0) is 13.0 Å². The number of pyridine rings is 1. The fraction of sp³-hybridized carbons (Fsp3) is 0.333. The fourth-order valence-corrected chi connectivity index (χ4v) is 1.49. The highest BCUT2D eigenvalue weighted by molar-refractivity contribution is 6.31. The van der Waals surface area contributed by atoms with Crippen molar-refractivity contribution in [1.29, 1.82) is 5.26 Å². The Balaban J connectivity index is 3.30. The van der Waals surface area contributed by atoms with Crippen LogP contribution < -0.4 is 0 Å². The number of alkyl halides is 2. The van der Waals surface area contributed by atoms with Gasteiger partial charge in [-0.1, -0.05) is 11.6 Å². The molecular formula is C9H7ClF2N2. The van der Waals surface area contributed by atoms with Gasteiger partial charge in [0.15, 0.2) is 0 Å². The molecule has 0 saturated heterocycles. The van der Waals surface area contributed by atoms with Gasteiger partial charge < -0.3 is 0 Å². The summed E-state index contributed by atoms with van der Waals surface area (Å²) >= 11 is 5.64. The Kier molecular flexibility index (Phi) is 3.37. The van der Waals surface area contributed by atoms with Gasteiger partial charge in [0.05, 0.1) is 28.8 Å². The molecule has 1 aromatic rings. The molecule has 0 fully saturated rings. The topological polar surface area (TPSA) is 36.7 Å². The number of hydrogen-bond donors (Lipinski definition) is 0. The first-order valence-electron chi connectivity index (χ1n) is 3.87. The molecule has 0 aliphatic heterocycles. The van der Waals surface area contributed by atoms with E-state index in [1.54, 1.807) is 13.0 Å². The van der Waals surface area contributed by atoms with Gasteiger partial charge >= 0.3 is 0 Å². The Hall–Kier alpha value is -1.21. The van der Waals surface area contributed by atoms with Crippen LogP contribution in [0.1, 0.15) is 23.4 Å². The smallest absolute Gasteiger partial charge is 0.256 e. The highest BCUT2D eigenvalue weighted by Crippen LogP contribution is 2.30. The Bertz CT molecular complexity index is 385. The van der Waals surface area contributed by atoms with Crippen molar-refractivity contribution in [2.75, 3.05) is 0 Å². The predicted molar refractivity (Wildman–Crippen MR) is 48.3 cm³/mol. The van der Waals surface area contributed by atoms with E-state index < -0.39 is 6.43 Å². The summed E-state index contributed by atoms with van der Waals surface area (Å²) in [6, 6.07) is 3.14. The maximum atomic E-state index is 12.5. The van der Waals surface area contributed by atoms with Crippen LogP contribution >= 0.6 is 11.6 Å². The summed E-state index contributed by atoms with van der Waals surface area (Å²) in [7, 11) is 0. The van der Waals surface area contributed by atoms with Gasteiger partial charge in [-0.25, -0.2) is 8.78 Å². The third kappa shape index (κ3) is 2.18. The van der Waals surface area contributed by atoms with Crippen LogP contribution in [-0.2, 0) is 6.42 Å². The van der Waals surface area contributed by atoms with Crippen LogP contribution in [0.3, 0.4) is 0 Å². The largest absolute Gasteiger partial charge is 0.267 e. The molecule has 0 aromatic carbocycles. The number of aromatic nitrogens is 1. The second-order valence-corrected chi connectivity index (χ2v) is 3.15. The zero-order valence-corrected chi connectivity index (χ0v) is 8.15. The molecule has 1 aromatic heterocycles. The quantitative estimate of drug-likeness (QED) is 0.762. The van der Waals surface area contributed by atoms with Crippen molar-refractivity contribution in [2.24, 2.45) is 0 Å². The van der Waals surface area contributed by atoms with Crippen LogP contribution in [0.5, 0.6) is 0 Å². The fourth-order valence-electron chi connectivity index (χ4n) is 1.14. The monoisotopic (exact) mass is 216 g/mol. The van der Waals surface area contributed by atoms with Gasteiger partial charge in [0, 0.05) is 5.69 Å². The number of halogens is 3. The highest BCUT2D eigenvalue weighted by Gasteiger charge is 2.18. The van der Waals surface area contributed by atoms with Gasteiger partial charge in [-0.3, -0.25) is 4.98 Å². The van der Waals surface area contributed by atoms with Crippen LogP contribution in [-0.4, -0.2) is 4.98 Å².